The van der Waals surface area contributed by atoms with Gasteiger partial charge in [-0.2, -0.15) is 0 Å². The van der Waals surface area contributed by atoms with E-state index >= 15 is 0 Å². The second kappa shape index (κ2) is 12.7. The van der Waals surface area contributed by atoms with Gasteiger partial charge in [-0.1, -0.05) is 30.3 Å². The normalized spacial score (nSPS) is 13.4. The van der Waals surface area contributed by atoms with Crippen LogP contribution in [0.5, 0.6) is 11.5 Å². The van der Waals surface area contributed by atoms with Crippen molar-refractivity contribution in [3.63, 3.8) is 0 Å². The number of amides is 2. The van der Waals surface area contributed by atoms with Gasteiger partial charge >= 0.3 is 0 Å². The number of piperazine rings is 1. The first-order chi connectivity index (χ1) is 16.9. The minimum absolute atomic E-state index is 0.0539. The molecule has 2 aromatic carbocycles. The van der Waals surface area contributed by atoms with Crippen LogP contribution >= 0.6 is 0 Å². The highest BCUT2D eigenvalue weighted by molar-refractivity contribution is 5.99. The lowest BCUT2D eigenvalue weighted by Crippen LogP contribution is -2.50. The predicted octanol–water partition coefficient (Wildman–Crippen LogP) is 2.94. The number of aryl methyl sites for hydroxylation is 1. The molecule has 1 saturated heterocycles. The van der Waals surface area contributed by atoms with E-state index in [1.165, 1.54) is 36.8 Å². The van der Waals surface area contributed by atoms with E-state index in [4.69, 9.17) is 14.2 Å². The molecule has 188 valence electrons. The number of carbonyl (C=O) groups excluding carboxylic acids is 2. The summed E-state index contributed by atoms with van der Waals surface area (Å²) in [6, 6.07) is 12.6. The number of carbonyl (C=O) groups is 2. The SMILES string of the molecule is COCCOc1cc([N+](=O)[O-])c(C(=O)N2CCN(C(=O)CCCc3ccccc3)CC2)cc1OC. The highest BCUT2D eigenvalue weighted by Crippen LogP contribution is 2.35. The highest BCUT2D eigenvalue weighted by atomic mass is 16.6. The summed E-state index contributed by atoms with van der Waals surface area (Å²) in [5.41, 5.74) is 0.763. The first-order valence-electron chi connectivity index (χ1n) is 11.5. The lowest BCUT2D eigenvalue weighted by molar-refractivity contribution is -0.385. The second-order valence-electron chi connectivity index (χ2n) is 8.13. The average molecular weight is 486 g/mol. The van der Waals surface area contributed by atoms with Gasteiger partial charge in [0.1, 0.15) is 12.2 Å². The summed E-state index contributed by atoms with van der Waals surface area (Å²) in [5, 5.41) is 11.7. The molecule has 0 radical (unpaired) electrons. The third-order valence-electron chi connectivity index (χ3n) is 5.87. The summed E-state index contributed by atoms with van der Waals surface area (Å²) in [7, 11) is 2.92. The molecule has 1 aliphatic heterocycles. The van der Waals surface area contributed by atoms with Crippen LogP contribution in [-0.2, 0) is 16.0 Å². The molecule has 0 aromatic heterocycles. The van der Waals surface area contributed by atoms with Crippen LogP contribution in [0.1, 0.15) is 28.8 Å². The van der Waals surface area contributed by atoms with Gasteiger partial charge in [-0.15, -0.1) is 0 Å². The van der Waals surface area contributed by atoms with Crippen LogP contribution < -0.4 is 9.47 Å². The minimum atomic E-state index is -0.609. The van der Waals surface area contributed by atoms with E-state index in [0.717, 1.165) is 12.8 Å². The number of nitro benzene ring substituents is 1. The second-order valence-corrected chi connectivity index (χ2v) is 8.13. The maximum Gasteiger partial charge on any atom is 0.286 e. The van der Waals surface area contributed by atoms with Gasteiger partial charge in [-0.3, -0.25) is 19.7 Å². The zero-order chi connectivity index (χ0) is 25.2. The molecule has 1 aliphatic rings. The Bertz CT molecular complexity index is 1020. The molecule has 0 saturated carbocycles. The Morgan fingerprint density at radius 2 is 1.66 bits per heavy atom. The lowest BCUT2D eigenvalue weighted by atomic mass is 10.1. The maximum atomic E-state index is 13.2. The van der Waals surface area contributed by atoms with Gasteiger partial charge in [-0.05, 0) is 18.4 Å². The molecule has 0 aliphatic carbocycles. The summed E-state index contributed by atoms with van der Waals surface area (Å²) in [6.45, 7) is 1.85. The van der Waals surface area contributed by atoms with E-state index in [-0.39, 0.29) is 35.3 Å². The third-order valence-corrected chi connectivity index (χ3v) is 5.87. The van der Waals surface area contributed by atoms with Crippen LogP contribution in [0.2, 0.25) is 0 Å². The van der Waals surface area contributed by atoms with Crippen LogP contribution in [0.25, 0.3) is 0 Å². The molecule has 1 fully saturated rings. The van der Waals surface area contributed by atoms with Crippen molar-refractivity contribution in [2.75, 3.05) is 53.6 Å². The molecule has 3 rings (SSSR count). The van der Waals surface area contributed by atoms with Gasteiger partial charge in [0, 0.05) is 45.8 Å². The number of methoxy groups -OCH3 is 2. The van der Waals surface area contributed by atoms with Gasteiger partial charge < -0.3 is 24.0 Å². The molecule has 10 nitrogen and oxygen atoms in total. The van der Waals surface area contributed by atoms with Crippen molar-refractivity contribution in [3.05, 3.63) is 63.7 Å². The highest BCUT2D eigenvalue weighted by Gasteiger charge is 2.31. The van der Waals surface area contributed by atoms with Gasteiger partial charge in [0.25, 0.3) is 11.6 Å². The number of rotatable bonds is 11. The quantitative estimate of drug-likeness (QED) is 0.273. The van der Waals surface area contributed by atoms with Gasteiger partial charge in [0.05, 0.1) is 24.7 Å². The molecule has 0 N–H and O–H groups in total. The molecule has 2 aromatic rings. The smallest absolute Gasteiger partial charge is 0.286 e. The summed E-state index contributed by atoms with van der Waals surface area (Å²) in [6.07, 6.45) is 2.03. The molecule has 10 heteroatoms. The summed E-state index contributed by atoms with van der Waals surface area (Å²) in [4.78, 5) is 40.1. The first kappa shape index (κ1) is 26.0. The van der Waals surface area contributed by atoms with Crippen molar-refractivity contribution in [2.24, 2.45) is 0 Å². The number of benzene rings is 2. The summed E-state index contributed by atoms with van der Waals surface area (Å²) in [5.74, 6) is -0.0335. The van der Waals surface area contributed by atoms with Crippen molar-refractivity contribution >= 4 is 17.5 Å². The first-order valence-corrected chi connectivity index (χ1v) is 11.5. The van der Waals surface area contributed by atoms with E-state index in [0.29, 0.717) is 39.2 Å². The average Bonchev–Trinajstić information content (AvgIpc) is 2.88. The predicted molar refractivity (Wildman–Crippen MR) is 129 cm³/mol. The fourth-order valence-electron chi connectivity index (χ4n) is 3.95. The number of hydrogen-bond acceptors (Lipinski definition) is 7. The number of nitro groups is 1. The zero-order valence-corrected chi connectivity index (χ0v) is 20.1. The minimum Gasteiger partial charge on any atom is -0.493 e. The molecular weight excluding hydrogens is 454 g/mol. The summed E-state index contributed by atoms with van der Waals surface area (Å²) < 4.78 is 15.7. The molecule has 1 heterocycles. The fraction of sp³-hybridized carbons (Fsp3) is 0.440. The zero-order valence-electron chi connectivity index (χ0n) is 20.1. The maximum absolute atomic E-state index is 13.2. The molecular formula is C25H31N3O7. The van der Waals surface area contributed by atoms with E-state index < -0.39 is 10.8 Å². The number of ether oxygens (including phenoxy) is 3. The fourth-order valence-corrected chi connectivity index (χ4v) is 3.95. The molecule has 0 atom stereocenters. The van der Waals surface area contributed by atoms with Crippen molar-refractivity contribution in [2.45, 2.75) is 19.3 Å². The lowest BCUT2D eigenvalue weighted by Gasteiger charge is -2.35. The van der Waals surface area contributed by atoms with Crippen LogP contribution in [0.4, 0.5) is 5.69 Å². The van der Waals surface area contributed by atoms with Gasteiger partial charge in [0.2, 0.25) is 5.91 Å². The Labute approximate surface area is 204 Å². The van der Waals surface area contributed by atoms with Crippen molar-refractivity contribution in [1.29, 1.82) is 0 Å². The monoisotopic (exact) mass is 485 g/mol. The Hall–Kier alpha value is -3.66. The van der Waals surface area contributed by atoms with Crippen LogP contribution in [0.15, 0.2) is 42.5 Å². The topological polar surface area (TPSA) is 111 Å². The Morgan fingerprint density at radius 1 is 0.971 bits per heavy atom. The van der Waals surface area contributed by atoms with Crippen molar-refractivity contribution in [1.82, 2.24) is 9.80 Å². The molecule has 0 bridgehead atoms. The number of nitrogens with zero attached hydrogens (tertiary/aromatic N) is 3. The van der Waals surface area contributed by atoms with Crippen molar-refractivity contribution < 1.29 is 28.7 Å². The number of hydrogen-bond donors (Lipinski definition) is 0. The molecule has 2 amide bonds. The molecule has 0 spiro atoms. The van der Waals surface area contributed by atoms with Crippen LogP contribution in [0, 0.1) is 10.1 Å². The van der Waals surface area contributed by atoms with Gasteiger partial charge in [-0.25, -0.2) is 0 Å². The Balaban J connectivity index is 1.60. The van der Waals surface area contributed by atoms with Crippen LogP contribution in [-0.4, -0.2) is 80.1 Å². The standard InChI is InChI=1S/C25H31N3O7/c1-33-15-16-35-23-18-21(28(31)32)20(17-22(23)34-2)25(30)27-13-11-26(12-14-27)24(29)10-6-9-19-7-4-3-5-8-19/h3-5,7-8,17-18H,6,9-16H2,1-2H3. The van der Waals surface area contributed by atoms with Crippen molar-refractivity contribution in [3.8, 4) is 11.5 Å². The Kier molecular flexibility index (Phi) is 9.42. The third kappa shape index (κ3) is 6.92. The van der Waals surface area contributed by atoms with Gasteiger partial charge in [0.15, 0.2) is 11.5 Å². The van der Waals surface area contributed by atoms with E-state index in [1.807, 2.05) is 30.3 Å². The summed E-state index contributed by atoms with van der Waals surface area (Å²) >= 11 is 0. The Morgan fingerprint density at radius 3 is 2.29 bits per heavy atom. The van der Waals surface area contributed by atoms with Crippen LogP contribution in [0.3, 0.4) is 0 Å². The molecule has 0 unspecified atom stereocenters. The largest absolute Gasteiger partial charge is 0.493 e. The van der Waals surface area contributed by atoms with E-state index in [9.17, 15) is 19.7 Å². The molecule has 35 heavy (non-hydrogen) atoms. The van der Waals surface area contributed by atoms with E-state index in [2.05, 4.69) is 0 Å². The van der Waals surface area contributed by atoms with E-state index in [1.54, 1.807) is 4.90 Å².